The summed E-state index contributed by atoms with van der Waals surface area (Å²) in [6.07, 6.45) is -0.349. The van der Waals surface area contributed by atoms with Crippen molar-refractivity contribution in [2.24, 2.45) is 5.92 Å². The van der Waals surface area contributed by atoms with Crippen LogP contribution in [0.3, 0.4) is 0 Å². The van der Waals surface area contributed by atoms with Gasteiger partial charge < -0.3 is 14.2 Å². The summed E-state index contributed by atoms with van der Waals surface area (Å²) >= 11 is 3.33. The molecule has 0 amide bonds. The lowest BCUT2D eigenvalue weighted by Gasteiger charge is -2.42. The number of halogens is 1. The first kappa shape index (κ1) is 15.4. The fourth-order valence-electron chi connectivity index (χ4n) is 2.17. The van der Waals surface area contributed by atoms with Gasteiger partial charge in [-0.2, -0.15) is 0 Å². The van der Waals surface area contributed by atoms with Crippen LogP contribution in [0.4, 0.5) is 0 Å². The third-order valence-corrected chi connectivity index (χ3v) is 3.73. The van der Waals surface area contributed by atoms with Gasteiger partial charge in [-0.15, -0.1) is 0 Å². The van der Waals surface area contributed by atoms with E-state index in [1.807, 2.05) is 13.8 Å². The highest BCUT2D eigenvalue weighted by Crippen LogP contribution is 2.34. The molecule has 1 aliphatic heterocycles. The van der Waals surface area contributed by atoms with Crippen molar-refractivity contribution in [1.82, 2.24) is 0 Å². The van der Waals surface area contributed by atoms with Gasteiger partial charge in [0.05, 0.1) is 6.10 Å². The molecule has 0 aromatic heterocycles. The van der Waals surface area contributed by atoms with Gasteiger partial charge in [-0.25, -0.2) is 0 Å². The van der Waals surface area contributed by atoms with Crippen molar-refractivity contribution in [3.63, 3.8) is 0 Å². The van der Waals surface area contributed by atoms with Crippen LogP contribution in [0, 0.1) is 5.92 Å². The molecule has 0 aliphatic carbocycles. The van der Waals surface area contributed by atoms with E-state index in [9.17, 15) is 9.59 Å². The number of ether oxygens (including phenoxy) is 3. The molecule has 5 nitrogen and oxygen atoms in total. The van der Waals surface area contributed by atoms with E-state index in [2.05, 4.69) is 15.9 Å². The number of carbonyl (C=O) groups is 2. The Bertz CT molecular complexity index is 320. The van der Waals surface area contributed by atoms with Crippen LogP contribution in [0.15, 0.2) is 0 Å². The van der Waals surface area contributed by atoms with Crippen LogP contribution in [0.25, 0.3) is 0 Å². The predicted octanol–water partition coefficient (Wildman–Crippen LogP) is 2.02. The number of esters is 2. The minimum absolute atomic E-state index is 0.0305. The second-order valence-corrected chi connectivity index (χ2v) is 5.34. The van der Waals surface area contributed by atoms with Crippen molar-refractivity contribution in [2.45, 2.75) is 57.4 Å². The highest BCUT2D eigenvalue weighted by Gasteiger charge is 2.46. The summed E-state index contributed by atoms with van der Waals surface area (Å²) in [5.74, 6) is -0.843. The second kappa shape index (κ2) is 6.52. The molecular weight excluding hydrogens is 304 g/mol. The van der Waals surface area contributed by atoms with Crippen molar-refractivity contribution in [2.75, 3.05) is 0 Å². The average molecular weight is 323 g/mol. The molecule has 0 aromatic rings. The van der Waals surface area contributed by atoms with Gasteiger partial charge in [-0.1, -0.05) is 29.8 Å². The maximum absolute atomic E-state index is 11.2. The fraction of sp³-hybridized carbons (Fsp3) is 0.833. The van der Waals surface area contributed by atoms with E-state index in [1.54, 1.807) is 0 Å². The highest BCUT2D eigenvalue weighted by molar-refractivity contribution is 9.09. The summed E-state index contributed by atoms with van der Waals surface area (Å²) in [5, 5.41) is -0.466. The summed E-state index contributed by atoms with van der Waals surface area (Å²) in [6, 6.07) is 0. The van der Waals surface area contributed by atoms with Gasteiger partial charge in [0.15, 0.2) is 11.1 Å². The lowest BCUT2D eigenvalue weighted by molar-refractivity contribution is -0.206. The molecule has 1 aliphatic rings. The quantitative estimate of drug-likeness (QED) is 0.587. The smallest absolute Gasteiger partial charge is 0.303 e. The molecule has 1 heterocycles. The molecule has 104 valence electrons. The van der Waals surface area contributed by atoms with Crippen LogP contribution >= 0.6 is 15.9 Å². The molecule has 0 radical (unpaired) electrons. The SMILES string of the molecule is CC[C@H]1O[C@H](Br)[C@@H](OC(C)=O)[C@@H](OC(C)=O)[C@@H]1C. The number of hydrogen-bond acceptors (Lipinski definition) is 5. The third kappa shape index (κ3) is 3.68. The van der Waals surface area contributed by atoms with E-state index in [0.717, 1.165) is 6.42 Å². The van der Waals surface area contributed by atoms with Gasteiger partial charge in [0, 0.05) is 19.8 Å². The largest absolute Gasteiger partial charge is 0.458 e. The summed E-state index contributed by atoms with van der Waals surface area (Å²) in [4.78, 5) is 22.3. The summed E-state index contributed by atoms with van der Waals surface area (Å²) in [7, 11) is 0. The Morgan fingerprint density at radius 3 is 2.11 bits per heavy atom. The van der Waals surface area contributed by atoms with Crippen molar-refractivity contribution in [1.29, 1.82) is 0 Å². The van der Waals surface area contributed by atoms with Gasteiger partial charge in [0.1, 0.15) is 6.10 Å². The van der Waals surface area contributed by atoms with Crippen LogP contribution in [-0.2, 0) is 23.8 Å². The lowest BCUT2D eigenvalue weighted by atomic mass is 9.90. The average Bonchev–Trinajstić information content (AvgIpc) is 2.27. The number of alkyl halides is 1. The molecule has 0 spiro atoms. The van der Waals surface area contributed by atoms with Gasteiger partial charge in [0.2, 0.25) is 0 Å². The minimum atomic E-state index is -0.621. The van der Waals surface area contributed by atoms with Crippen LogP contribution in [-0.4, -0.2) is 35.3 Å². The standard InChI is InChI=1S/C12H19BrO5/c1-5-9-6(2)10(16-7(3)14)11(12(13)18-9)17-8(4)15/h6,9-12H,5H2,1-4H3/t6-,9-,10+,11+,12+/m1/s1. The Morgan fingerprint density at radius 1 is 1.17 bits per heavy atom. The summed E-state index contributed by atoms with van der Waals surface area (Å²) in [6.45, 7) is 6.59. The molecule has 0 saturated carbocycles. The maximum Gasteiger partial charge on any atom is 0.303 e. The van der Waals surface area contributed by atoms with E-state index >= 15 is 0 Å². The normalized spacial score (nSPS) is 35.9. The number of rotatable bonds is 3. The van der Waals surface area contributed by atoms with E-state index in [-0.39, 0.29) is 18.0 Å². The molecule has 1 saturated heterocycles. The zero-order valence-corrected chi connectivity index (χ0v) is 12.6. The Kier molecular flexibility index (Phi) is 5.59. The Hall–Kier alpha value is -0.620. The molecule has 1 fully saturated rings. The van der Waals surface area contributed by atoms with Crippen molar-refractivity contribution in [3.05, 3.63) is 0 Å². The first-order valence-corrected chi connectivity index (χ1v) is 6.92. The molecule has 0 unspecified atom stereocenters. The third-order valence-electron chi connectivity index (χ3n) is 3.00. The Balaban J connectivity index is 2.89. The fourth-order valence-corrected chi connectivity index (χ4v) is 2.86. The molecule has 1 rings (SSSR count). The van der Waals surface area contributed by atoms with Crippen molar-refractivity contribution >= 4 is 27.9 Å². The second-order valence-electron chi connectivity index (χ2n) is 4.44. The predicted molar refractivity (Wildman–Crippen MR) is 68.2 cm³/mol. The lowest BCUT2D eigenvalue weighted by Crippen LogP contribution is -2.54. The van der Waals surface area contributed by atoms with Crippen LogP contribution in [0.5, 0.6) is 0 Å². The number of hydrogen-bond donors (Lipinski definition) is 0. The van der Waals surface area contributed by atoms with E-state index in [0.29, 0.717) is 0 Å². The molecule has 0 bridgehead atoms. The van der Waals surface area contributed by atoms with Crippen LogP contribution in [0.1, 0.15) is 34.1 Å². The Morgan fingerprint density at radius 2 is 1.67 bits per heavy atom. The molecular formula is C12H19BrO5. The zero-order valence-electron chi connectivity index (χ0n) is 11.0. The molecule has 18 heavy (non-hydrogen) atoms. The monoisotopic (exact) mass is 322 g/mol. The first-order chi connectivity index (χ1) is 8.36. The van der Waals surface area contributed by atoms with Gasteiger partial charge in [-0.05, 0) is 6.42 Å². The zero-order chi connectivity index (χ0) is 13.9. The van der Waals surface area contributed by atoms with Crippen molar-refractivity contribution < 1.29 is 23.8 Å². The van der Waals surface area contributed by atoms with Gasteiger partial charge >= 0.3 is 11.9 Å². The summed E-state index contributed by atoms with van der Waals surface area (Å²) < 4.78 is 16.2. The van der Waals surface area contributed by atoms with Gasteiger partial charge in [0.25, 0.3) is 0 Å². The van der Waals surface area contributed by atoms with Gasteiger partial charge in [-0.3, -0.25) is 9.59 Å². The topological polar surface area (TPSA) is 61.8 Å². The molecule has 6 heteroatoms. The minimum Gasteiger partial charge on any atom is -0.458 e. The Labute approximate surface area is 115 Å². The van der Waals surface area contributed by atoms with E-state index in [1.165, 1.54) is 13.8 Å². The highest BCUT2D eigenvalue weighted by atomic mass is 79.9. The summed E-state index contributed by atoms with van der Waals surface area (Å²) in [5.41, 5.74) is 0. The van der Waals surface area contributed by atoms with E-state index < -0.39 is 23.2 Å². The first-order valence-electron chi connectivity index (χ1n) is 6.00. The van der Waals surface area contributed by atoms with Crippen LogP contribution < -0.4 is 0 Å². The molecule has 5 atom stereocenters. The molecule has 0 aromatic carbocycles. The number of carbonyl (C=O) groups excluding carboxylic acids is 2. The maximum atomic E-state index is 11.2. The van der Waals surface area contributed by atoms with Crippen LogP contribution in [0.2, 0.25) is 0 Å². The van der Waals surface area contributed by atoms with E-state index in [4.69, 9.17) is 14.2 Å². The molecule has 0 N–H and O–H groups in total. The van der Waals surface area contributed by atoms with Crippen molar-refractivity contribution in [3.8, 4) is 0 Å².